The van der Waals surface area contributed by atoms with E-state index in [0.717, 1.165) is 89.9 Å². The molecule has 1 aliphatic heterocycles. The summed E-state index contributed by atoms with van der Waals surface area (Å²) in [7, 11) is -4.62. The number of ether oxygens (including phenoxy) is 4. The van der Waals surface area contributed by atoms with Crippen molar-refractivity contribution in [2.45, 2.75) is 166 Å². The van der Waals surface area contributed by atoms with Crippen molar-refractivity contribution in [3.63, 3.8) is 0 Å². The summed E-state index contributed by atoms with van der Waals surface area (Å²) < 4.78 is 54.0. The van der Waals surface area contributed by atoms with E-state index in [2.05, 4.69) is 86.8 Å². The molecule has 0 radical (unpaired) electrons. The number of carbonyl (C=O) groups excluding carboxylic acids is 2. The average Bonchev–Trinajstić information content (AvgIpc) is 3.24. The number of rotatable bonds is 35. The second-order valence-corrected chi connectivity index (χ2v) is 16.5. The summed E-state index contributed by atoms with van der Waals surface area (Å²) in [5, 5.41) is 30.9. The van der Waals surface area contributed by atoms with Crippen LogP contribution in [0.1, 0.15) is 129 Å². The van der Waals surface area contributed by atoms with Crippen LogP contribution in [0.25, 0.3) is 0 Å². The first-order chi connectivity index (χ1) is 30.0. The first-order valence-electron chi connectivity index (χ1n) is 22.5. The lowest BCUT2D eigenvalue weighted by atomic mass is 10.00. The van der Waals surface area contributed by atoms with Gasteiger partial charge in [0.2, 0.25) is 0 Å². The summed E-state index contributed by atoms with van der Waals surface area (Å²) in [5.74, 6) is -2.08. The molecule has 0 amide bonds. The van der Waals surface area contributed by atoms with Gasteiger partial charge in [-0.15, -0.1) is 0 Å². The van der Waals surface area contributed by atoms with E-state index in [-0.39, 0.29) is 19.4 Å². The van der Waals surface area contributed by atoms with E-state index in [4.69, 9.17) is 18.9 Å². The molecule has 1 fully saturated rings. The molecule has 62 heavy (non-hydrogen) atoms. The van der Waals surface area contributed by atoms with Crippen molar-refractivity contribution in [2.75, 3.05) is 19.0 Å². The highest BCUT2D eigenvalue weighted by Crippen LogP contribution is 2.24. The average molecular weight is 889 g/mol. The number of hydrogen-bond acceptors (Lipinski definition) is 11. The Bertz CT molecular complexity index is 1560. The monoisotopic (exact) mass is 889 g/mol. The Morgan fingerprint density at radius 2 is 1.05 bits per heavy atom. The molecule has 0 saturated carbocycles. The van der Waals surface area contributed by atoms with Gasteiger partial charge in [0.25, 0.3) is 10.1 Å². The Morgan fingerprint density at radius 1 is 0.565 bits per heavy atom. The Balaban J connectivity index is 2.50. The van der Waals surface area contributed by atoms with Crippen LogP contribution in [0.5, 0.6) is 0 Å². The quantitative estimate of drug-likeness (QED) is 0.0156. The van der Waals surface area contributed by atoms with Gasteiger partial charge >= 0.3 is 11.9 Å². The smallest absolute Gasteiger partial charge is 0.306 e. The standard InChI is InChI=1S/C49H76O12S/c1-3-5-7-9-11-13-15-17-19-20-21-22-24-25-27-29-31-33-35-37-44(50)58-39-42(40-59-49-48(54)47(53)46(52)43(61-49)41-62(55,56)57)60-45(51)38-36-34-32-30-28-26-23-18-16-14-12-10-8-6-4-2/h5-8,10-14,16-19,21-23,25,27,42-43,46-49,52-54H,3-4,9,15,20,24,26,28-41H2,1-2H3,(H,55,56,57)/b7-5+,8-6+,12-10+,13-11+,16-14+,19-17+,22-21+,23-18+,27-25+/t42-,43-,46-,47?,48?,49+/m1/s1. The van der Waals surface area contributed by atoms with E-state index in [0.29, 0.717) is 12.8 Å². The molecule has 0 aromatic rings. The van der Waals surface area contributed by atoms with Gasteiger partial charge in [0.05, 0.1) is 6.61 Å². The molecule has 0 spiro atoms. The highest BCUT2D eigenvalue weighted by Gasteiger charge is 2.46. The Kier molecular flexibility index (Phi) is 34.4. The number of allylic oxidation sites excluding steroid dienone is 18. The molecule has 0 bridgehead atoms. The van der Waals surface area contributed by atoms with Gasteiger partial charge in [-0.05, 0) is 77.0 Å². The highest BCUT2D eigenvalue weighted by molar-refractivity contribution is 7.85. The van der Waals surface area contributed by atoms with E-state index < -0.39 is 71.2 Å². The Morgan fingerprint density at radius 3 is 1.65 bits per heavy atom. The van der Waals surface area contributed by atoms with Crippen molar-refractivity contribution in [1.29, 1.82) is 0 Å². The van der Waals surface area contributed by atoms with Crippen molar-refractivity contribution >= 4 is 22.1 Å². The van der Waals surface area contributed by atoms with Crippen molar-refractivity contribution in [3.05, 3.63) is 109 Å². The topological polar surface area (TPSA) is 186 Å². The predicted molar refractivity (Wildman–Crippen MR) is 247 cm³/mol. The van der Waals surface area contributed by atoms with Gasteiger partial charge < -0.3 is 34.3 Å². The fourth-order valence-corrected chi connectivity index (χ4v) is 6.70. The molecule has 1 heterocycles. The van der Waals surface area contributed by atoms with E-state index in [9.17, 15) is 37.9 Å². The first-order valence-corrected chi connectivity index (χ1v) is 24.1. The third kappa shape index (κ3) is 32.1. The lowest BCUT2D eigenvalue weighted by Crippen LogP contribution is -2.60. The van der Waals surface area contributed by atoms with E-state index in [1.165, 1.54) is 0 Å². The molecule has 13 heteroatoms. The zero-order chi connectivity index (χ0) is 45.5. The van der Waals surface area contributed by atoms with Crippen LogP contribution < -0.4 is 0 Å². The van der Waals surface area contributed by atoms with Gasteiger partial charge in [-0.1, -0.05) is 149 Å². The second kappa shape index (κ2) is 37.8. The fraction of sp³-hybridized carbons (Fsp3) is 0.592. The van der Waals surface area contributed by atoms with Crippen molar-refractivity contribution in [2.24, 2.45) is 0 Å². The number of hydrogen-bond donors (Lipinski definition) is 4. The molecular weight excluding hydrogens is 813 g/mol. The molecule has 12 nitrogen and oxygen atoms in total. The molecule has 1 rings (SSSR count). The minimum Gasteiger partial charge on any atom is -0.462 e. The van der Waals surface area contributed by atoms with Crippen molar-refractivity contribution in [1.82, 2.24) is 0 Å². The molecule has 0 aromatic heterocycles. The van der Waals surface area contributed by atoms with Crippen LogP contribution in [-0.2, 0) is 38.7 Å². The number of unbranched alkanes of at least 4 members (excludes halogenated alkanes) is 8. The molecular formula is C49H76O12S. The largest absolute Gasteiger partial charge is 0.462 e. The molecule has 0 aliphatic carbocycles. The predicted octanol–water partition coefficient (Wildman–Crippen LogP) is 9.22. The van der Waals surface area contributed by atoms with Crippen LogP contribution in [0.15, 0.2) is 109 Å². The molecule has 4 N–H and O–H groups in total. The van der Waals surface area contributed by atoms with Crippen LogP contribution in [0.2, 0.25) is 0 Å². The minimum absolute atomic E-state index is 0.123. The van der Waals surface area contributed by atoms with Crippen molar-refractivity contribution < 1.29 is 56.8 Å². The van der Waals surface area contributed by atoms with E-state index >= 15 is 0 Å². The minimum atomic E-state index is -4.62. The van der Waals surface area contributed by atoms with Gasteiger partial charge in [0, 0.05) is 12.8 Å². The van der Waals surface area contributed by atoms with Gasteiger partial charge in [0.15, 0.2) is 12.4 Å². The Hall–Kier alpha value is -3.69. The lowest BCUT2D eigenvalue weighted by molar-refractivity contribution is -0.297. The SMILES string of the molecule is CC/C=C/C=C/C=C/C=C/CCCCCCCC(=O)O[C@H](COC(=O)CCCCC/C=C/C/C=C/C/C=C/C/C=C/C/C=C/CC)CO[C@H]1O[C@H](CS(=O)(=O)O)[C@@H](O)C(O)C1O. The lowest BCUT2D eigenvalue weighted by Gasteiger charge is -2.40. The fourth-order valence-electron chi connectivity index (χ4n) is 6.01. The summed E-state index contributed by atoms with van der Waals surface area (Å²) in [6.45, 7) is 3.44. The summed E-state index contributed by atoms with van der Waals surface area (Å²) in [4.78, 5) is 25.4. The molecule has 350 valence electrons. The van der Waals surface area contributed by atoms with Gasteiger partial charge in [-0.2, -0.15) is 8.42 Å². The number of esters is 2. The zero-order valence-electron chi connectivity index (χ0n) is 37.2. The van der Waals surface area contributed by atoms with Crippen LogP contribution >= 0.6 is 0 Å². The van der Waals surface area contributed by atoms with Crippen LogP contribution in [0, 0.1) is 0 Å². The van der Waals surface area contributed by atoms with E-state index in [1.54, 1.807) is 0 Å². The van der Waals surface area contributed by atoms with Crippen LogP contribution in [0.4, 0.5) is 0 Å². The first kappa shape index (κ1) is 56.3. The maximum atomic E-state index is 12.8. The van der Waals surface area contributed by atoms with Crippen molar-refractivity contribution in [3.8, 4) is 0 Å². The molecule has 6 atom stereocenters. The van der Waals surface area contributed by atoms with Gasteiger partial charge in [0.1, 0.15) is 36.8 Å². The van der Waals surface area contributed by atoms with Gasteiger partial charge in [-0.25, -0.2) is 0 Å². The maximum absolute atomic E-state index is 12.8. The van der Waals surface area contributed by atoms with Crippen LogP contribution in [0.3, 0.4) is 0 Å². The molecule has 1 aliphatic rings. The molecule has 1 saturated heterocycles. The van der Waals surface area contributed by atoms with E-state index in [1.807, 2.05) is 36.5 Å². The highest BCUT2D eigenvalue weighted by atomic mass is 32.2. The second-order valence-electron chi connectivity index (χ2n) is 15.0. The molecule has 2 unspecified atom stereocenters. The van der Waals surface area contributed by atoms with Crippen LogP contribution in [-0.4, -0.2) is 96.0 Å². The maximum Gasteiger partial charge on any atom is 0.306 e. The third-order valence-electron chi connectivity index (χ3n) is 9.44. The summed E-state index contributed by atoms with van der Waals surface area (Å²) in [6, 6.07) is 0. The van der Waals surface area contributed by atoms with Gasteiger partial charge in [-0.3, -0.25) is 14.1 Å². The zero-order valence-corrected chi connectivity index (χ0v) is 38.0. The Labute approximate surface area is 372 Å². The normalized spacial score (nSPS) is 20.9. The number of carbonyl (C=O) groups is 2. The third-order valence-corrected chi connectivity index (χ3v) is 10.2. The number of aliphatic hydroxyl groups excluding tert-OH is 3. The number of aliphatic hydroxyl groups is 3. The summed E-state index contributed by atoms with van der Waals surface area (Å²) in [5.41, 5.74) is 0. The molecule has 0 aromatic carbocycles. The summed E-state index contributed by atoms with van der Waals surface area (Å²) in [6.07, 6.45) is 42.7. The summed E-state index contributed by atoms with van der Waals surface area (Å²) >= 11 is 0.